The lowest BCUT2D eigenvalue weighted by Crippen LogP contribution is -2.62. The molecule has 1 aliphatic carbocycles. The van der Waals surface area contributed by atoms with Gasteiger partial charge in [0, 0.05) is 18.0 Å². The number of benzene rings is 1. The average Bonchev–Trinajstić information content (AvgIpc) is 3.33. The van der Waals surface area contributed by atoms with Gasteiger partial charge >= 0.3 is 0 Å². The maximum absolute atomic E-state index is 13.7. The number of thioether (sulfide) groups is 1. The summed E-state index contributed by atoms with van der Waals surface area (Å²) in [4.78, 5) is 43.6. The van der Waals surface area contributed by atoms with Crippen LogP contribution in [0.5, 0.6) is 0 Å². The van der Waals surface area contributed by atoms with Crippen LogP contribution in [0.25, 0.3) is 0 Å². The Morgan fingerprint density at radius 2 is 1.83 bits per heavy atom. The third-order valence-electron chi connectivity index (χ3n) is 6.46. The summed E-state index contributed by atoms with van der Waals surface area (Å²) in [5, 5.41) is 11.3. The molecule has 2 aromatic rings. The fourth-order valence-electron chi connectivity index (χ4n) is 4.60. The summed E-state index contributed by atoms with van der Waals surface area (Å²) in [6.07, 6.45) is 4.58. The topological polar surface area (TPSA) is 109 Å². The number of Topliss-reactive ketones (excluding diaryl/α,β-unsaturated/α-hetero) is 1. The van der Waals surface area contributed by atoms with Crippen LogP contribution in [0.15, 0.2) is 40.0 Å². The van der Waals surface area contributed by atoms with Gasteiger partial charge in [0.05, 0.1) is 0 Å². The fourth-order valence-corrected chi connectivity index (χ4v) is 5.47. The lowest BCUT2D eigenvalue weighted by molar-refractivity contribution is -0.142. The third kappa shape index (κ3) is 6.94. The minimum absolute atomic E-state index is 0.0936. The van der Waals surface area contributed by atoms with Crippen molar-refractivity contribution in [3.05, 3.63) is 36.2 Å². The number of hydrogen-bond donors (Lipinski definition) is 1. The highest BCUT2D eigenvalue weighted by Gasteiger charge is 2.49. The number of rotatable bonds is 13. The Hall–Kier alpha value is -2.72. The van der Waals surface area contributed by atoms with E-state index < -0.39 is 17.4 Å². The molecule has 3 rings (SSSR count). The fraction of sp³-hybridized carbons (Fsp3) is 0.577. The first kappa shape index (κ1) is 27.9. The van der Waals surface area contributed by atoms with Gasteiger partial charge in [-0.25, -0.2) is 0 Å². The molecule has 0 aliphatic heterocycles. The minimum atomic E-state index is -1.13. The molecule has 2 amide bonds. The van der Waals surface area contributed by atoms with Crippen LogP contribution in [0.1, 0.15) is 63.1 Å². The number of nitrogens with one attached hydrogen (secondary N) is 1. The number of para-hydroxylation sites is 1. The molecule has 1 fully saturated rings. The second-order valence-corrected chi connectivity index (χ2v) is 11.0. The first-order valence-corrected chi connectivity index (χ1v) is 13.5. The number of nitrogens with zero attached hydrogens (tertiary/aromatic N) is 4. The van der Waals surface area contributed by atoms with Gasteiger partial charge in [0.25, 0.3) is 11.1 Å². The summed E-state index contributed by atoms with van der Waals surface area (Å²) in [6.45, 7) is 4.79. The summed E-state index contributed by atoms with van der Waals surface area (Å²) >= 11 is 1.38. The van der Waals surface area contributed by atoms with Gasteiger partial charge in [-0.1, -0.05) is 63.1 Å². The van der Waals surface area contributed by atoms with Crippen LogP contribution < -0.4 is 5.32 Å². The van der Waals surface area contributed by atoms with Crippen LogP contribution >= 0.6 is 11.8 Å². The van der Waals surface area contributed by atoms with Crippen LogP contribution in [-0.4, -0.2) is 76.1 Å². The van der Waals surface area contributed by atoms with E-state index in [0.29, 0.717) is 36.6 Å². The van der Waals surface area contributed by atoms with Crippen molar-refractivity contribution < 1.29 is 18.8 Å². The van der Waals surface area contributed by atoms with Crippen molar-refractivity contribution in [2.45, 2.75) is 69.2 Å². The van der Waals surface area contributed by atoms with Crippen LogP contribution in [-0.2, 0) is 9.59 Å². The molecule has 0 bridgehead atoms. The van der Waals surface area contributed by atoms with Crippen molar-refractivity contribution in [2.75, 3.05) is 31.7 Å². The van der Waals surface area contributed by atoms with Gasteiger partial charge in [0.1, 0.15) is 11.6 Å². The Kier molecular flexibility index (Phi) is 10.1. The van der Waals surface area contributed by atoms with E-state index in [1.165, 1.54) is 16.7 Å². The Bertz CT molecular complexity index is 1000. The van der Waals surface area contributed by atoms with Gasteiger partial charge in [0.2, 0.25) is 18.1 Å². The smallest absolute Gasteiger partial charge is 0.286 e. The van der Waals surface area contributed by atoms with Gasteiger partial charge in [-0.15, -0.1) is 10.2 Å². The number of anilines is 1. The molecule has 1 N–H and O–H groups in total. The van der Waals surface area contributed by atoms with Gasteiger partial charge in [0.15, 0.2) is 0 Å². The lowest BCUT2D eigenvalue weighted by atomic mass is 9.77. The Balaban J connectivity index is 1.90. The van der Waals surface area contributed by atoms with Crippen LogP contribution in [0, 0.1) is 5.92 Å². The number of carbonyl (C=O) groups excluding carboxylic acids is 3. The van der Waals surface area contributed by atoms with Crippen LogP contribution in [0.2, 0.25) is 0 Å². The van der Waals surface area contributed by atoms with E-state index in [0.717, 1.165) is 31.6 Å². The van der Waals surface area contributed by atoms with Crippen molar-refractivity contribution >= 4 is 35.5 Å². The summed E-state index contributed by atoms with van der Waals surface area (Å²) in [5.41, 5.74) is -0.477. The van der Waals surface area contributed by atoms with Gasteiger partial charge in [-0.05, 0) is 51.4 Å². The molecule has 1 saturated carbocycles. The van der Waals surface area contributed by atoms with E-state index >= 15 is 0 Å². The molecule has 1 aromatic carbocycles. The molecule has 1 aliphatic rings. The second kappa shape index (κ2) is 13.0. The van der Waals surface area contributed by atoms with E-state index in [2.05, 4.69) is 15.5 Å². The molecule has 1 aromatic heterocycles. The van der Waals surface area contributed by atoms with E-state index in [-0.39, 0.29) is 17.7 Å². The summed E-state index contributed by atoms with van der Waals surface area (Å²) in [6, 6.07) is 8.29. The lowest BCUT2D eigenvalue weighted by Gasteiger charge is -2.46. The van der Waals surface area contributed by atoms with Crippen molar-refractivity contribution in [3.63, 3.8) is 0 Å². The Labute approximate surface area is 217 Å². The SMILES string of the molecule is CC(C)CC(C(=O)c1nnc(SCCN(C)C)o1)N(C=O)C1(C(=O)Nc2ccccc2)CCCCC1. The predicted octanol–water partition coefficient (Wildman–Crippen LogP) is 4.12. The summed E-state index contributed by atoms with van der Waals surface area (Å²) in [7, 11) is 3.95. The highest BCUT2D eigenvalue weighted by Crippen LogP contribution is 2.37. The molecule has 1 unspecified atom stereocenters. The normalized spacial score (nSPS) is 16.1. The van der Waals surface area contributed by atoms with Crippen LogP contribution in [0.3, 0.4) is 0 Å². The number of hydrogen-bond acceptors (Lipinski definition) is 8. The van der Waals surface area contributed by atoms with E-state index in [9.17, 15) is 14.4 Å². The molecule has 9 nitrogen and oxygen atoms in total. The monoisotopic (exact) mass is 515 g/mol. The summed E-state index contributed by atoms with van der Waals surface area (Å²) in [5.74, 6) is -0.000295. The number of aromatic nitrogens is 2. The molecular weight excluding hydrogens is 478 g/mol. The molecule has 196 valence electrons. The molecule has 0 spiro atoms. The zero-order chi connectivity index (χ0) is 26.1. The summed E-state index contributed by atoms with van der Waals surface area (Å²) < 4.78 is 5.69. The highest BCUT2D eigenvalue weighted by atomic mass is 32.2. The predicted molar refractivity (Wildman–Crippen MR) is 140 cm³/mol. The second-order valence-electron chi connectivity index (χ2n) is 9.96. The molecule has 0 radical (unpaired) electrons. The Morgan fingerprint density at radius 1 is 1.14 bits per heavy atom. The maximum atomic E-state index is 13.7. The average molecular weight is 516 g/mol. The van der Waals surface area contributed by atoms with E-state index in [1.807, 2.05) is 63.2 Å². The van der Waals surface area contributed by atoms with Crippen molar-refractivity contribution in [1.29, 1.82) is 0 Å². The molecule has 36 heavy (non-hydrogen) atoms. The highest BCUT2D eigenvalue weighted by molar-refractivity contribution is 7.99. The molecule has 0 saturated heterocycles. The molecule has 1 atom stereocenters. The van der Waals surface area contributed by atoms with Crippen molar-refractivity contribution in [2.24, 2.45) is 5.92 Å². The first-order valence-electron chi connectivity index (χ1n) is 12.5. The molecule has 1 heterocycles. The van der Waals surface area contributed by atoms with Crippen molar-refractivity contribution in [1.82, 2.24) is 20.0 Å². The van der Waals surface area contributed by atoms with E-state index in [4.69, 9.17) is 4.42 Å². The Morgan fingerprint density at radius 3 is 2.44 bits per heavy atom. The zero-order valence-corrected chi connectivity index (χ0v) is 22.4. The van der Waals surface area contributed by atoms with Crippen molar-refractivity contribution in [3.8, 4) is 0 Å². The number of carbonyl (C=O) groups is 3. The largest absolute Gasteiger partial charge is 0.408 e. The van der Waals surface area contributed by atoms with E-state index in [1.54, 1.807) is 0 Å². The minimum Gasteiger partial charge on any atom is -0.408 e. The first-order chi connectivity index (χ1) is 17.3. The number of amides is 2. The van der Waals surface area contributed by atoms with Crippen LogP contribution in [0.4, 0.5) is 5.69 Å². The molecular formula is C26H37N5O4S. The van der Waals surface area contributed by atoms with Gasteiger partial charge in [-0.2, -0.15) is 0 Å². The third-order valence-corrected chi connectivity index (χ3v) is 7.26. The number of ketones is 1. The maximum Gasteiger partial charge on any atom is 0.286 e. The molecule has 10 heteroatoms. The standard InChI is InChI=1S/C26H37N5O4S/c1-19(2)17-21(22(33)23-28-29-25(35-23)36-16-15-30(3)4)31(18-32)26(13-9-6-10-14-26)24(34)27-20-11-7-5-8-12-20/h5,7-8,11-12,18-19,21H,6,9-10,13-17H2,1-4H3,(H,27,34). The quantitative estimate of drug-likeness (QED) is 0.241. The zero-order valence-electron chi connectivity index (χ0n) is 21.6. The van der Waals surface area contributed by atoms with Gasteiger partial charge < -0.3 is 19.5 Å². The van der Waals surface area contributed by atoms with Gasteiger partial charge in [-0.3, -0.25) is 14.4 Å².